The number of nitrogen functional groups attached to an aromatic ring is 1. The number of rotatable bonds is 3. The quantitative estimate of drug-likeness (QED) is 0.892. The number of nitrogens with zero attached hydrogens (tertiary/aromatic N) is 3. The summed E-state index contributed by atoms with van der Waals surface area (Å²) in [6, 6.07) is 10.5. The highest BCUT2D eigenvalue weighted by Gasteiger charge is 2.18. The molecule has 3 N–H and O–H groups in total. The third-order valence-corrected chi connectivity index (χ3v) is 3.54. The molecule has 0 amide bonds. The molecule has 1 aliphatic rings. The van der Waals surface area contributed by atoms with Crippen molar-refractivity contribution in [2.75, 3.05) is 29.0 Å². The van der Waals surface area contributed by atoms with Crippen LogP contribution in [0.5, 0.6) is 0 Å². The molecule has 1 aromatic carbocycles. The van der Waals surface area contributed by atoms with Gasteiger partial charge in [-0.1, -0.05) is 24.3 Å². The first-order chi connectivity index (χ1) is 9.76. The Hall–Kier alpha value is -2.30. The fourth-order valence-corrected chi connectivity index (χ4v) is 2.58. The third kappa shape index (κ3) is 2.52. The Morgan fingerprint density at radius 2 is 2.05 bits per heavy atom. The number of aromatic nitrogens is 2. The largest absolute Gasteiger partial charge is 0.370 e. The number of nitrogens with one attached hydrogen (secondary N) is 1. The van der Waals surface area contributed by atoms with Gasteiger partial charge in [0.25, 0.3) is 0 Å². The van der Waals surface area contributed by atoms with E-state index >= 15 is 0 Å². The van der Waals surface area contributed by atoms with Crippen molar-refractivity contribution in [2.45, 2.75) is 19.9 Å². The lowest BCUT2D eigenvalue weighted by atomic mass is 10.00. The van der Waals surface area contributed by atoms with Crippen molar-refractivity contribution in [3.8, 4) is 0 Å². The second-order valence-corrected chi connectivity index (χ2v) is 4.94. The maximum Gasteiger partial charge on any atom is 0.223 e. The maximum atomic E-state index is 5.80. The molecule has 0 spiro atoms. The van der Waals surface area contributed by atoms with Crippen LogP contribution in [-0.2, 0) is 13.0 Å². The van der Waals surface area contributed by atoms with Crippen molar-refractivity contribution in [1.82, 2.24) is 9.97 Å². The van der Waals surface area contributed by atoms with E-state index in [1.165, 1.54) is 11.1 Å². The predicted molar refractivity (Wildman–Crippen MR) is 81.8 cm³/mol. The average Bonchev–Trinajstić information content (AvgIpc) is 2.46. The van der Waals surface area contributed by atoms with Crippen molar-refractivity contribution < 1.29 is 0 Å². The van der Waals surface area contributed by atoms with Gasteiger partial charge in [-0.05, 0) is 24.5 Å². The number of anilines is 3. The van der Waals surface area contributed by atoms with Crippen LogP contribution in [0.3, 0.4) is 0 Å². The molecule has 0 unspecified atom stereocenters. The van der Waals surface area contributed by atoms with Crippen molar-refractivity contribution in [2.24, 2.45) is 0 Å². The van der Waals surface area contributed by atoms with Crippen molar-refractivity contribution in [3.05, 3.63) is 41.5 Å². The first-order valence-corrected chi connectivity index (χ1v) is 6.96. The molecule has 0 atom stereocenters. The summed E-state index contributed by atoms with van der Waals surface area (Å²) in [6.07, 6.45) is 1.04. The molecule has 0 saturated carbocycles. The molecule has 0 aliphatic carbocycles. The van der Waals surface area contributed by atoms with Crippen LogP contribution in [0.2, 0.25) is 0 Å². The average molecular weight is 269 g/mol. The van der Waals surface area contributed by atoms with Crippen molar-refractivity contribution in [1.29, 1.82) is 0 Å². The zero-order chi connectivity index (χ0) is 13.9. The molecule has 5 nitrogen and oxygen atoms in total. The Balaban J connectivity index is 1.87. The fraction of sp³-hybridized carbons (Fsp3) is 0.333. The number of fused-ring (bicyclic) bond motifs is 1. The standard InChI is InChI=1S/C15H19N5/c1-2-17-13-9-14(19-15(16)18-13)20-8-7-11-5-3-4-6-12(11)10-20/h3-6,9H,2,7-8,10H2,1H3,(H3,16,17,18,19). The number of benzene rings is 1. The summed E-state index contributed by atoms with van der Waals surface area (Å²) in [4.78, 5) is 10.8. The van der Waals surface area contributed by atoms with Crippen molar-refractivity contribution >= 4 is 17.6 Å². The van der Waals surface area contributed by atoms with Gasteiger partial charge in [-0.2, -0.15) is 9.97 Å². The van der Waals surface area contributed by atoms with E-state index in [-0.39, 0.29) is 0 Å². The molecule has 0 fully saturated rings. The Labute approximate surface area is 118 Å². The number of hydrogen-bond acceptors (Lipinski definition) is 5. The van der Waals surface area contributed by atoms with E-state index in [0.717, 1.165) is 37.7 Å². The van der Waals surface area contributed by atoms with Crippen LogP contribution < -0.4 is 16.0 Å². The Morgan fingerprint density at radius 1 is 1.25 bits per heavy atom. The van der Waals surface area contributed by atoms with Crippen LogP contribution in [0.25, 0.3) is 0 Å². The van der Waals surface area contributed by atoms with Crippen LogP contribution in [0.15, 0.2) is 30.3 Å². The lowest BCUT2D eigenvalue weighted by Gasteiger charge is -2.30. The molecular weight excluding hydrogens is 250 g/mol. The van der Waals surface area contributed by atoms with Gasteiger partial charge in [-0.15, -0.1) is 0 Å². The summed E-state index contributed by atoms with van der Waals surface area (Å²) in [6.45, 7) is 4.69. The highest BCUT2D eigenvalue weighted by atomic mass is 15.2. The first-order valence-electron chi connectivity index (χ1n) is 6.96. The van der Waals surface area contributed by atoms with Crippen molar-refractivity contribution in [3.63, 3.8) is 0 Å². The topological polar surface area (TPSA) is 67.1 Å². The summed E-state index contributed by atoms with van der Waals surface area (Å²) in [5.74, 6) is 1.99. The molecular formula is C15H19N5. The summed E-state index contributed by atoms with van der Waals surface area (Å²) in [5.41, 5.74) is 8.59. The van der Waals surface area contributed by atoms with E-state index in [9.17, 15) is 0 Å². The second-order valence-electron chi connectivity index (χ2n) is 4.94. The Kier molecular flexibility index (Phi) is 3.41. The predicted octanol–water partition coefficient (Wildman–Crippen LogP) is 2.05. The molecule has 104 valence electrons. The Morgan fingerprint density at radius 3 is 2.85 bits per heavy atom. The van der Waals surface area contributed by atoms with E-state index < -0.39 is 0 Å². The SMILES string of the molecule is CCNc1cc(N2CCc3ccccc3C2)nc(N)n1. The second kappa shape index (κ2) is 5.36. The minimum atomic E-state index is 0.317. The maximum absolute atomic E-state index is 5.80. The third-order valence-electron chi connectivity index (χ3n) is 3.54. The summed E-state index contributed by atoms with van der Waals surface area (Å²) in [7, 11) is 0. The van der Waals surface area contributed by atoms with Gasteiger partial charge in [0.05, 0.1) is 0 Å². The zero-order valence-corrected chi connectivity index (χ0v) is 11.6. The summed E-state index contributed by atoms with van der Waals surface area (Å²) < 4.78 is 0. The highest BCUT2D eigenvalue weighted by Crippen LogP contribution is 2.24. The van der Waals surface area contributed by atoms with E-state index in [1.54, 1.807) is 0 Å². The highest BCUT2D eigenvalue weighted by molar-refractivity contribution is 5.54. The van der Waals surface area contributed by atoms with Crippen LogP contribution in [0.4, 0.5) is 17.6 Å². The molecule has 20 heavy (non-hydrogen) atoms. The lowest BCUT2D eigenvalue weighted by Crippen LogP contribution is -2.31. The molecule has 1 aromatic heterocycles. The van der Waals surface area contributed by atoms with E-state index in [2.05, 4.69) is 44.5 Å². The minimum absolute atomic E-state index is 0.317. The normalized spacial score (nSPS) is 13.9. The summed E-state index contributed by atoms with van der Waals surface area (Å²) >= 11 is 0. The molecule has 0 radical (unpaired) electrons. The molecule has 5 heteroatoms. The van der Waals surface area contributed by atoms with Gasteiger partial charge in [0.2, 0.25) is 5.95 Å². The van der Waals surface area contributed by atoms with Gasteiger partial charge in [0.15, 0.2) is 0 Å². The molecule has 0 bridgehead atoms. The summed E-state index contributed by atoms with van der Waals surface area (Å²) in [5, 5.41) is 3.19. The van der Waals surface area contributed by atoms with Gasteiger partial charge in [0.1, 0.15) is 11.6 Å². The number of hydrogen-bond donors (Lipinski definition) is 2. The molecule has 3 rings (SSSR count). The minimum Gasteiger partial charge on any atom is -0.370 e. The Bertz CT molecular complexity index is 611. The molecule has 1 aliphatic heterocycles. The van der Waals surface area contributed by atoms with Gasteiger partial charge in [-0.25, -0.2) is 0 Å². The molecule has 2 heterocycles. The lowest BCUT2D eigenvalue weighted by molar-refractivity contribution is 0.720. The van der Waals surface area contributed by atoms with Crippen LogP contribution in [0.1, 0.15) is 18.1 Å². The molecule has 0 saturated heterocycles. The first kappa shape index (κ1) is 12.7. The van der Waals surface area contributed by atoms with Gasteiger partial charge in [0, 0.05) is 25.7 Å². The van der Waals surface area contributed by atoms with Crippen LogP contribution >= 0.6 is 0 Å². The monoisotopic (exact) mass is 269 g/mol. The van der Waals surface area contributed by atoms with Crippen LogP contribution in [-0.4, -0.2) is 23.1 Å². The van der Waals surface area contributed by atoms with E-state index in [1.807, 2.05) is 13.0 Å². The van der Waals surface area contributed by atoms with Gasteiger partial charge in [-0.3, -0.25) is 0 Å². The fourth-order valence-electron chi connectivity index (χ4n) is 2.58. The van der Waals surface area contributed by atoms with Gasteiger partial charge < -0.3 is 16.0 Å². The van der Waals surface area contributed by atoms with E-state index in [0.29, 0.717) is 5.95 Å². The zero-order valence-electron chi connectivity index (χ0n) is 11.6. The van der Waals surface area contributed by atoms with Crippen LogP contribution in [0, 0.1) is 0 Å². The smallest absolute Gasteiger partial charge is 0.223 e. The molecule has 2 aromatic rings. The van der Waals surface area contributed by atoms with E-state index in [4.69, 9.17) is 5.73 Å². The number of nitrogens with two attached hydrogens (primary N) is 1. The van der Waals surface area contributed by atoms with Gasteiger partial charge >= 0.3 is 0 Å².